The van der Waals surface area contributed by atoms with Crippen molar-refractivity contribution < 1.29 is 4.79 Å². The predicted molar refractivity (Wildman–Crippen MR) is 67.7 cm³/mol. The third kappa shape index (κ3) is 2.22. The maximum Gasteiger partial charge on any atom is 0.243 e. The second-order valence-electron chi connectivity index (χ2n) is 6.10. The summed E-state index contributed by atoms with van der Waals surface area (Å²) >= 11 is 0. The molecular formula is C14H24N2O. The minimum atomic E-state index is -0.211. The van der Waals surface area contributed by atoms with Crippen LogP contribution in [0.3, 0.4) is 0 Å². The Morgan fingerprint density at radius 3 is 2.59 bits per heavy atom. The number of nitrogens with zero attached hydrogens (tertiary/aromatic N) is 1. The number of carbonyl (C=O) groups excluding carboxylic acids is 1. The normalized spacial score (nSPS) is 32.8. The molecule has 0 aromatic carbocycles. The van der Waals surface area contributed by atoms with E-state index < -0.39 is 0 Å². The summed E-state index contributed by atoms with van der Waals surface area (Å²) in [6, 6.07) is 0.578. The number of hydrogen-bond acceptors (Lipinski definition) is 2. The van der Waals surface area contributed by atoms with Crippen LogP contribution in [0.5, 0.6) is 0 Å². The standard InChI is InChI=1S/C14H24N2O/c1-2-14(8-3-9-15-14)13(17)16(12-6-7-12)10-11-4-5-11/h11-12,15H,2-10H2,1H3. The van der Waals surface area contributed by atoms with Crippen molar-refractivity contribution in [2.24, 2.45) is 5.92 Å². The van der Waals surface area contributed by atoms with Crippen LogP contribution in [0, 0.1) is 5.92 Å². The summed E-state index contributed by atoms with van der Waals surface area (Å²) < 4.78 is 0. The molecule has 96 valence electrons. The zero-order valence-corrected chi connectivity index (χ0v) is 10.9. The van der Waals surface area contributed by atoms with Crippen molar-refractivity contribution in [1.82, 2.24) is 10.2 Å². The van der Waals surface area contributed by atoms with E-state index in [1.807, 2.05) is 0 Å². The number of rotatable bonds is 5. The summed E-state index contributed by atoms with van der Waals surface area (Å²) in [4.78, 5) is 15.0. The molecule has 3 rings (SSSR count). The molecule has 0 aromatic heterocycles. The first-order valence-electron chi connectivity index (χ1n) is 7.31. The Morgan fingerprint density at radius 2 is 2.12 bits per heavy atom. The lowest BCUT2D eigenvalue weighted by Crippen LogP contribution is -2.55. The average Bonchev–Trinajstić information content (AvgIpc) is 3.25. The van der Waals surface area contributed by atoms with E-state index in [2.05, 4.69) is 17.1 Å². The Hall–Kier alpha value is -0.570. The third-order valence-electron chi connectivity index (χ3n) is 4.66. The minimum absolute atomic E-state index is 0.211. The van der Waals surface area contributed by atoms with Gasteiger partial charge in [-0.15, -0.1) is 0 Å². The van der Waals surface area contributed by atoms with Gasteiger partial charge in [0.2, 0.25) is 5.91 Å². The summed E-state index contributed by atoms with van der Waals surface area (Å²) in [7, 11) is 0. The van der Waals surface area contributed by atoms with Gasteiger partial charge in [0.05, 0.1) is 5.54 Å². The topological polar surface area (TPSA) is 32.3 Å². The molecule has 3 nitrogen and oxygen atoms in total. The van der Waals surface area contributed by atoms with Crippen molar-refractivity contribution in [2.75, 3.05) is 13.1 Å². The van der Waals surface area contributed by atoms with E-state index in [0.717, 1.165) is 38.3 Å². The van der Waals surface area contributed by atoms with Crippen LogP contribution in [0.1, 0.15) is 51.9 Å². The molecule has 17 heavy (non-hydrogen) atoms. The molecule has 0 aromatic rings. The molecule has 0 bridgehead atoms. The monoisotopic (exact) mass is 236 g/mol. The highest BCUT2D eigenvalue weighted by Gasteiger charge is 2.46. The van der Waals surface area contributed by atoms with Gasteiger partial charge in [0, 0.05) is 12.6 Å². The molecule has 0 radical (unpaired) electrons. The molecule has 1 heterocycles. The summed E-state index contributed by atoms with van der Waals surface area (Å²) in [6.45, 7) is 4.20. The van der Waals surface area contributed by atoms with Gasteiger partial charge in [0.25, 0.3) is 0 Å². The molecule has 2 aliphatic carbocycles. The van der Waals surface area contributed by atoms with E-state index in [-0.39, 0.29) is 5.54 Å². The Morgan fingerprint density at radius 1 is 1.35 bits per heavy atom. The smallest absolute Gasteiger partial charge is 0.243 e. The third-order valence-corrected chi connectivity index (χ3v) is 4.66. The van der Waals surface area contributed by atoms with Crippen LogP contribution in [0.4, 0.5) is 0 Å². The van der Waals surface area contributed by atoms with Crippen LogP contribution in [-0.2, 0) is 4.79 Å². The van der Waals surface area contributed by atoms with E-state index >= 15 is 0 Å². The number of hydrogen-bond donors (Lipinski definition) is 1. The van der Waals surface area contributed by atoms with E-state index in [1.54, 1.807) is 0 Å². The van der Waals surface area contributed by atoms with Crippen LogP contribution in [0.25, 0.3) is 0 Å². The number of carbonyl (C=O) groups is 1. The van der Waals surface area contributed by atoms with Gasteiger partial charge in [0.1, 0.15) is 0 Å². The average molecular weight is 236 g/mol. The summed E-state index contributed by atoms with van der Waals surface area (Å²) in [5.74, 6) is 1.22. The fourth-order valence-electron chi connectivity index (χ4n) is 3.08. The van der Waals surface area contributed by atoms with Gasteiger partial charge in [-0.1, -0.05) is 6.92 Å². The lowest BCUT2D eigenvalue weighted by Gasteiger charge is -2.34. The van der Waals surface area contributed by atoms with E-state index in [1.165, 1.54) is 25.7 Å². The first kappa shape index (κ1) is 11.5. The van der Waals surface area contributed by atoms with Crippen molar-refractivity contribution >= 4 is 5.91 Å². The molecule has 1 N–H and O–H groups in total. The highest BCUT2D eigenvalue weighted by molar-refractivity contribution is 5.87. The lowest BCUT2D eigenvalue weighted by atomic mass is 9.92. The molecule has 1 amide bonds. The fourth-order valence-corrected chi connectivity index (χ4v) is 3.08. The molecule has 3 fully saturated rings. The first-order chi connectivity index (χ1) is 8.25. The summed E-state index contributed by atoms with van der Waals surface area (Å²) in [5, 5.41) is 3.49. The maximum absolute atomic E-state index is 12.8. The van der Waals surface area contributed by atoms with Gasteiger partial charge in [-0.25, -0.2) is 0 Å². The van der Waals surface area contributed by atoms with Crippen LogP contribution in [0.15, 0.2) is 0 Å². The van der Waals surface area contributed by atoms with Crippen LogP contribution in [0.2, 0.25) is 0 Å². The predicted octanol–water partition coefficient (Wildman–Crippen LogP) is 1.92. The van der Waals surface area contributed by atoms with E-state index in [4.69, 9.17) is 0 Å². The van der Waals surface area contributed by atoms with Crippen molar-refractivity contribution in [3.05, 3.63) is 0 Å². The summed E-state index contributed by atoms with van der Waals surface area (Å²) in [6.07, 6.45) is 8.28. The molecule has 1 saturated heterocycles. The number of nitrogens with one attached hydrogen (secondary N) is 1. The maximum atomic E-state index is 12.8. The first-order valence-corrected chi connectivity index (χ1v) is 7.31. The van der Waals surface area contributed by atoms with Crippen LogP contribution >= 0.6 is 0 Å². The van der Waals surface area contributed by atoms with Gasteiger partial charge in [-0.05, 0) is 57.4 Å². The molecular weight excluding hydrogens is 212 g/mol. The van der Waals surface area contributed by atoms with Crippen LogP contribution in [-0.4, -0.2) is 35.5 Å². The zero-order chi connectivity index (χ0) is 11.9. The molecule has 3 aliphatic rings. The molecule has 1 aliphatic heterocycles. The van der Waals surface area contributed by atoms with Gasteiger partial charge >= 0.3 is 0 Å². The Labute approximate surface area is 104 Å². The number of amides is 1. The van der Waals surface area contributed by atoms with Crippen molar-refractivity contribution in [3.8, 4) is 0 Å². The lowest BCUT2D eigenvalue weighted by molar-refractivity contribution is -0.139. The largest absolute Gasteiger partial charge is 0.338 e. The highest BCUT2D eigenvalue weighted by atomic mass is 16.2. The van der Waals surface area contributed by atoms with Crippen molar-refractivity contribution in [3.63, 3.8) is 0 Å². The van der Waals surface area contributed by atoms with Gasteiger partial charge in [0.15, 0.2) is 0 Å². The van der Waals surface area contributed by atoms with Crippen molar-refractivity contribution in [1.29, 1.82) is 0 Å². The van der Waals surface area contributed by atoms with Gasteiger partial charge < -0.3 is 10.2 Å². The van der Waals surface area contributed by atoms with Gasteiger partial charge in [-0.2, -0.15) is 0 Å². The Kier molecular flexibility index (Phi) is 2.89. The van der Waals surface area contributed by atoms with E-state index in [0.29, 0.717) is 11.9 Å². The second kappa shape index (κ2) is 4.27. The van der Waals surface area contributed by atoms with Gasteiger partial charge in [-0.3, -0.25) is 4.79 Å². The molecule has 2 saturated carbocycles. The second-order valence-corrected chi connectivity index (χ2v) is 6.10. The van der Waals surface area contributed by atoms with E-state index in [9.17, 15) is 4.79 Å². The minimum Gasteiger partial charge on any atom is -0.338 e. The molecule has 0 spiro atoms. The highest BCUT2D eigenvalue weighted by Crippen LogP contribution is 2.37. The van der Waals surface area contributed by atoms with Crippen LogP contribution < -0.4 is 5.32 Å². The molecule has 3 heteroatoms. The zero-order valence-electron chi connectivity index (χ0n) is 10.9. The Bertz CT molecular complexity index is 301. The summed E-state index contributed by atoms with van der Waals surface area (Å²) in [5.41, 5.74) is -0.211. The Balaban J connectivity index is 1.72. The molecule has 1 atom stereocenters. The SMILES string of the molecule is CCC1(C(=O)N(CC2CC2)C2CC2)CCCN1. The molecule has 1 unspecified atom stereocenters. The fraction of sp³-hybridized carbons (Fsp3) is 0.929. The quantitative estimate of drug-likeness (QED) is 0.791. The van der Waals surface area contributed by atoms with Crippen molar-refractivity contribution in [2.45, 2.75) is 63.5 Å².